The molecule has 72 valence electrons. The van der Waals surface area contributed by atoms with Crippen LogP contribution in [0.25, 0.3) is 0 Å². The summed E-state index contributed by atoms with van der Waals surface area (Å²) in [5.74, 6) is 0. The van der Waals surface area contributed by atoms with Crippen molar-refractivity contribution in [3.05, 3.63) is 0 Å². The monoisotopic (exact) mass is 194 g/mol. The lowest BCUT2D eigenvalue weighted by Gasteiger charge is -2.34. The van der Waals surface area contributed by atoms with Crippen molar-refractivity contribution in [3.8, 4) is 0 Å². The van der Waals surface area contributed by atoms with Crippen molar-refractivity contribution >= 4 is 10.2 Å². The first-order valence-corrected chi connectivity index (χ1v) is 5.47. The molecule has 1 fully saturated rings. The third kappa shape index (κ3) is 3.06. The average molecular weight is 194 g/mol. The Labute approximate surface area is 72.5 Å². The summed E-state index contributed by atoms with van der Waals surface area (Å²) in [7, 11) is -3.53. The van der Waals surface area contributed by atoms with Gasteiger partial charge in [0.25, 0.3) is 10.2 Å². The largest absolute Gasteiger partial charge is 0.378 e. The maximum Gasteiger partial charge on any atom is 0.274 e. The number of ether oxygens (including phenoxy) is 1. The first kappa shape index (κ1) is 9.91. The van der Waals surface area contributed by atoms with Crippen LogP contribution in [0.2, 0.25) is 0 Å². The molecule has 0 heterocycles. The molecule has 0 unspecified atom stereocenters. The fourth-order valence-electron chi connectivity index (χ4n) is 1.27. The molecule has 0 aromatic heterocycles. The molecular formula is C6H14N2O3S. The molecule has 0 bridgehead atoms. The van der Waals surface area contributed by atoms with Gasteiger partial charge in [-0.2, -0.15) is 13.1 Å². The van der Waals surface area contributed by atoms with Crippen molar-refractivity contribution in [3.63, 3.8) is 0 Å². The summed E-state index contributed by atoms with van der Waals surface area (Å²) >= 11 is 0. The number of rotatable bonds is 4. The highest BCUT2D eigenvalue weighted by atomic mass is 32.2. The zero-order valence-corrected chi connectivity index (χ0v) is 7.80. The third-order valence-corrected chi connectivity index (χ3v) is 2.49. The molecule has 1 saturated carbocycles. The van der Waals surface area contributed by atoms with E-state index < -0.39 is 10.2 Å². The van der Waals surface area contributed by atoms with Gasteiger partial charge in [-0.3, -0.25) is 0 Å². The van der Waals surface area contributed by atoms with Gasteiger partial charge in [-0.1, -0.05) is 0 Å². The van der Waals surface area contributed by atoms with Crippen LogP contribution in [0.5, 0.6) is 0 Å². The number of nitrogens with one attached hydrogen (secondary N) is 1. The summed E-state index contributed by atoms with van der Waals surface area (Å²) in [4.78, 5) is 0. The highest BCUT2D eigenvalue weighted by Gasteiger charge is 2.31. The Bertz CT molecular complexity index is 233. The van der Waals surface area contributed by atoms with E-state index in [0.717, 1.165) is 12.8 Å². The summed E-state index contributed by atoms with van der Waals surface area (Å²) in [6.07, 6.45) is 1.66. The zero-order valence-electron chi connectivity index (χ0n) is 6.99. The van der Waals surface area contributed by atoms with Crippen LogP contribution in [0, 0.1) is 0 Å². The third-order valence-electron chi connectivity index (χ3n) is 1.83. The van der Waals surface area contributed by atoms with E-state index in [9.17, 15) is 8.42 Å². The molecule has 0 aromatic carbocycles. The highest BCUT2D eigenvalue weighted by molar-refractivity contribution is 7.87. The van der Waals surface area contributed by atoms with E-state index in [1.54, 1.807) is 0 Å². The Kier molecular flexibility index (Phi) is 3.05. The van der Waals surface area contributed by atoms with Crippen molar-refractivity contribution in [2.24, 2.45) is 5.14 Å². The van der Waals surface area contributed by atoms with Gasteiger partial charge in [0, 0.05) is 12.6 Å². The molecule has 0 aliphatic heterocycles. The highest BCUT2D eigenvalue weighted by Crippen LogP contribution is 2.23. The fourth-order valence-corrected chi connectivity index (χ4v) is 1.92. The molecule has 0 atom stereocenters. The minimum absolute atomic E-state index is 0.0310. The van der Waals surface area contributed by atoms with Crippen molar-refractivity contribution in [1.82, 2.24) is 4.72 Å². The van der Waals surface area contributed by atoms with Gasteiger partial charge in [0.05, 0.1) is 6.10 Å². The lowest BCUT2D eigenvalue weighted by atomic mass is 9.90. The predicted molar refractivity (Wildman–Crippen MR) is 44.7 cm³/mol. The van der Waals surface area contributed by atoms with Crippen LogP contribution in [0.1, 0.15) is 19.8 Å². The average Bonchev–Trinajstić information content (AvgIpc) is 1.80. The summed E-state index contributed by atoms with van der Waals surface area (Å²) in [6.45, 7) is 2.59. The van der Waals surface area contributed by atoms with Crippen LogP contribution in [0.15, 0.2) is 0 Å². The van der Waals surface area contributed by atoms with Crippen LogP contribution >= 0.6 is 0 Å². The molecule has 0 aromatic rings. The molecule has 1 rings (SSSR count). The number of nitrogens with two attached hydrogens (primary N) is 1. The SMILES string of the molecule is CCOC1CC(NS(N)(=O)=O)C1. The summed E-state index contributed by atoms with van der Waals surface area (Å²) < 4.78 is 28.6. The quantitative estimate of drug-likeness (QED) is 0.623. The van der Waals surface area contributed by atoms with E-state index in [4.69, 9.17) is 9.88 Å². The minimum atomic E-state index is -3.53. The normalized spacial score (nSPS) is 29.8. The second-order valence-electron chi connectivity index (χ2n) is 2.91. The maximum absolute atomic E-state index is 10.5. The van der Waals surface area contributed by atoms with Crippen LogP contribution in [0.3, 0.4) is 0 Å². The number of hydrogen-bond donors (Lipinski definition) is 2. The Morgan fingerprint density at radius 1 is 1.58 bits per heavy atom. The number of hydrogen-bond acceptors (Lipinski definition) is 3. The Balaban J connectivity index is 2.18. The lowest BCUT2D eigenvalue weighted by molar-refractivity contribution is -0.00475. The van der Waals surface area contributed by atoms with Gasteiger partial charge >= 0.3 is 0 Å². The maximum atomic E-state index is 10.5. The molecule has 6 heteroatoms. The zero-order chi connectivity index (χ0) is 9.19. The first-order chi connectivity index (χ1) is 5.51. The van der Waals surface area contributed by atoms with E-state index in [-0.39, 0.29) is 12.1 Å². The molecule has 5 nitrogen and oxygen atoms in total. The van der Waals surface area contributed by atoms with Crippen molar-refractivity contribution < 1.29 is 13.2 Å². The van der Waals surface area contributed by atoms with E-state index >= 15 is 0 Å². The van der Waals surface area contributed by atoms with Gasteiger partial charge in [0.1, 0.15) is 0 Å². The van der Waals surface area contributed by atoms with Gasteiger partial charge in [0.2, 0.25) is 0 Å². The van der Waals surface area contributed by atoms with E-state index in [1.165, 1.54) is 0 Å². The summed E-state index contributed by atoms with van der Waals surface area (Å²) in [6, 6.07) is -0.0310. The Morgan fingerprint density at radius 3 is 2.58 bits per heavy atom. The van der Waals surface area contributed by atoms with E-state index in [2.05, 4.69) is 4.72 Å². The van der Waals surface area contributed by atoms with Crippen LogP contribution < -0.4 is 9.86 Å². The Hall–Kier alpha value is -0.170. The summed E-state index contributed by atoms with van der Waals surface area (Å²) in [5, 5.41) is 4.79. The first-order valence-electron chi connectivity index (χ1n) is 3.93. The van der Waals surface area contributed by atoms with Crippen molar-refractivity contribution in [2.75, 3.05) is 6.61 Å². The molecule has 12 heavy (non-hydrogen) atoms. The molecule has 0 radical (unpaired) electrons. The standard InChI is InChI=1S/C6H14N2O3S/c1-2-11-6-3-5(4-6)8-12(7,9)10/h5-6,8H,2-4H2,1H3,(H2,7,9,10). The smallest absolute Gasteiger partial charge is 0.274 e. The summed E-state index contributed by atoms with van der Waals surface area (Å²) in [5.41, 5.74) is 0. The molecule has 0 saturated heterocycles. The molecule has 1 aliphatic rings. The van der Waals surface area contributed by atoms with Gasteiger partial charge in [-0.05, 0) is 19.8 Å². The van der Waals surface area contributed by atoms with E-state index in [0.29, 0.717) is 6.61 Å². The molecular weight excluding hydrogens is 180 g/mol. The lowest BCUT2D eigenvalue weighted by Crippen LogP contribution is -2.49. The van der Waals surface area contributed by atoms with E-state index in [1.807, 2.05) is 6.92 Å². The fraction of sp³-hybridized carbons (Fsp3) is 1.00. The molecule has 1 aliphatic carbocycles. The second kappa shape index (κ2) is 3.69. The molecule has 0 spiro atoms. The van der Waals surface area contributed by atoms with Gasteiger partial charge in [0.15, 0.2) is 0 Å². The molecule has 0 amide bonds. The van der Waals surface area contributed by atoms with Crippen molar-refractivity contribution in [2.45, 2.75) is 31.9 Å². The predicted octanol–water partition coefficient (Wildman–Crippen LogP) is -0.653. The Morgan fingerprint density at radius 2 is 2.17 bits per heavy atom. The van der Waals surface area contributed by atoms with Crippen LogP contribution in [0.4, 0.5) is 0 Å². The minimum Gasteiger partial charge on any atom is -0.378 e. The molecule has 3 N–H and O–H groups in total. The van der Waals surface area contributed by atoms with Crippen LogP contribution in [-0.4, -0.2) is 27.2 Å². The van der Waals surface area contributed by atoms with Crippen LogP contribution in [-0.2, 0) is 14.9 Å². The van der Waals surface area contributed by atoms with Gasteiger partial charge in [-0.15, -0.1) is 0 Å². The van der Waals surface area contributed by atoms with Crippen molar-refractivity contribution in [1.29, 1.82) is 0 Å². The second-order valence-corrected chi connectivity index (χ2v) is 4.23. The van der Waals surface area contributed by atoms with Gasteiger partial charge < -0.3 is 4.74 Å². The topological polar surface area (TPSA) is 81.4 Å². The van der Waals surface area contributed by atoms with Gasteiger partial charge in [-0.25, -0.2) is 5.14 Å².